The molecule has 30 heavy (non-hydrogen) atoms. The second-order valence-electron chi connectivity index (χ2n) is 7.84. The van der Waals surface area contributed by atoms with E-state index in [1.54, 1.807) is 24.3 Å². The zero-order valence-electron chi connectivity index (χ0n) is 17.1. The summed E-state index contributed by atoms with van der Waals surface area (Å²) >= 11 is 0. The zero-order chi connectivity index (χ0) is 21.6. The number of hydrogen-bond acceptors (Lipinski definition) is 2. The Kier molecular flexibility index (Phi) is 7.03. The highest BCUT2D eigenvalue weighted by Crippen LogP contribution is 2.31. The Balaban J connectivity index is 1.55. The lowest BCUT2D eigenvalue weighted by Crippen LogP contribution is -2.17. The number of alkyl halides is 2. The van der Waals surface area contributed by atoms with Crippen LogP contribution in [0.4, 0.5) is 13.2 Å². The first-order chi connectivity index (χ1) is 14.3. The summed E-state index contributed by atoms with van der Waals surface area (Å²) in [5.41, 5.74) is 2.15. The van der Waals surface area contributed by atoms with Gasteiger partial charge in [-0.1, -0.05) is 38.1 Å². The quantitative estimate of drug-likeness (QED) is 0.360. The topological polar surface area (TPSA) is 18.5 Å². The molecule has 0 bridgehead atoms. The lowest BCUT2D eigenvalue weighted by molar-refractivity contribution is -0.0498. The molecular formula is C25H25F3O2. The van der Waals surface area contributed by atoms with Crippen molar-refractivity contribution in [3.8, 4) is 17.2 Å². The third-order valence-corrected chi connectivity index (χ3v) is 5.08. The van der Waals surface area contributed by atoms with Crippen LogP contribution in [0, 0.1) is 5.82 Å². The van der Waals surface area contributed by atoms with Crippen molar-refractivity contribution in [3.63, 3.8) is 0 Å². The van der Waals surface area contributed by atoms with Crippen molar-refractivity contribution in [2.45, 2.75) is 45.1 Å². The molecule has 3 aromatic rings. The second-order valence-corrected chi connectivity index (χ2v) is 7.84. The van der Waals surface area contributed by atoms with Gasteiger partial charge in [-0.3, -0.25) is 0 Å². The number of hydrogen-bond donors (Lipinski definition) is 0. The van der Waals surface area contributed by atoms with Gasteiger partial charge in [-0.15, -0.1) is 0 Å². The first-order valence-electron chi connectivity index (χ1n) is 9.89. The van der Waals surface area contributed by atoms with Gasteiger partial charge >= 0.3 is 6.61 Å². The Morgan fingerprint density at radius 3 is 2.17 bits per heavy atom. The molecule has 5 heteroatoms. The fourth-order valence-electron chi connectivity index (χ4n) is 3.37. The minimum atomic E-state index is -2.81. The summed E-state index contributed by atoms with van der Waals surface area (Å²) < 4.78 is 47.8. The maximum Gasteiger partial charge on any atom is 0.387 e. The van der Waals surface area contributed by atoms with Crippen molar-refractivity contribution >= 4 is 0 Å². The minimum Gasteiger partial charge on any atom is -0.457 e. The van der Waals surface area contributed by atoms with Gasteiger partial charge in [-0.05, 0) is 84.3 Å². The van der Waals surface area contributed by atoms with Crippen LogP contribution >= 0.6 is 0 Å². The van der Waals surface area contributed by atoms with Crippen molar-refractivity contribution in [1.29, 1.82) is 0 Å². The molecule has 2 nitrogen and oxygen atoms in total. The third kappa shape index (κ3) is 6.28. The van der Waals surface area contributed by atoms with Crippen LogP contribution < -0.4 is 9.47 Å². The molecule has 0 heterocycles. The molecule has 0 amide bonds. The van der Waals surface area contributed by atoms with Crippen molar-refractivity contribution < 1.29 is 22.6 Å². The van der Waals surface area contributed by atoms with E-state index in [2.05, 4.69) is 24.7 Å². The normalized spacial score (nSPS) is 11.5. The van der Waals surface area contributed by atoms with Gasteiger partial charge in [-0.25, -0.2) is 4.39 Å². The standard InChI is InChI=1S/C25H25F3O2/c1-25(2,19-8-12-22(13-9-19)30-24(27)28)16-4-6-18-5-3-7-23(17-18)29-21-14-10-20(26)11-15-21/h3,5,7-15,17,24H,4,6,16H2,1-2H3. The van der Waals surface area contributed by atoms with Gasteiger partial charge in [0.1, 0.15) is 23.1 Å². The molecule has 0 saturated heterocycles. The van der Waals surface area contributed by atoms with Crippen LogP contribution in [-0.4, -0.2) is 6.61 Å². The van der Waals surface area contributed by atoms with E-state index >= 15 is 0 Å². The van der Waals surface area contributed by atoms with Gasteiger partial charge in [0.2, 0.25) is 0 Å². The van der Waals surface area contributed by atoms with Gasteiger partial charge in [-0.2, -0.15) is 8.78 Å². The summed E-state index contributed by atoms with van der Waals surface area (Å²) in [6.07, 6.45) is 2.78. The van der Waals surface area contributed by atoms with Gasteiger partial charge in [0.15, 0.2) is 0 Å². The van der Waals surface area contributed by atoms with Crippen LogP contribution in [0.1, 0.15) is 37.8 Å². The summed E-state index contributed by atoms with van der Waals surface area (Å²) in [6, 6.07) is 20.7. The Morgan fingerprint density at radius 1 is 0.833 bits per heavy atom. The molecule has 0 aliphatic rings. The van der Waals surface area contributed by atoms with Crippen LogP contribution in [0.5, 0.6) is 17.2 Å². The van der Waals surface area contributed by atoms with E-state index in [0.717, 1.165) is 30.4 Å². The summed E-state index contributed by atoms with van der Waals surface area (Å²) in [5, 5.41) is 0. The molecule has 0 aromatic heterocycles. The highest BCUT2D eigenvalue weighted by atomic mass is 19.3. The fraction of sp³-hybridized carbons (Fsp3) is 0.280. The first-order valence-corrected chi connectivity index (χ1v) is 9.89. The van der Waals surface area contributed by atoms with E-state index in [1.807, 2.05) is 30.3 Å². The SMILES string of the molecule is CC(C)(CCCc1cccc(Oc2ccc(F)cc2)c1)c1ccc(OC(F)F)cc1. The van der Waals surface area contributed by atoms with Crippen molar-refractivity contribution in [2.24, 2.45) is 0 Å². The first kappa shape index (κ1) is 21.8. The van der Waals surface area contributed by atoms with E-state index < -0.39 is 6.61 Å². The summed E-state index contributed by atoms with van der Waals surface area (Å²) in [4.78, 5) is 0. The second kappa shape index (κ2) is 9.70. The third-order valence-electron chi connectivity index (χ3n) is 5.08. The van der Waals surface area contributed by atoms with Crippen molar-refractivity contribution in [1.82, 2.24) is 0 Å². The lowest BCUT2D eigenvalue weighted by atomic mass is 9.80. The molecule has 0 aliphatic carbocycles. The van der Waals surface area contributed by atoms with E-state index in [0.29, 0.717) is 11.5 Å². The average Bonchev–Trinajstić information content (AvgIpc) is 2.70. The molecule has 0 saturated carbocycles. The molecule has 0 atom stereocenters. The molecule has 158 valence electrons. The smallest absolute Gasteiger partial charge is 0.387 e. The molecule has 0 radical (unpaired) electrons. The lowest BCUT2D eigenvalue weighted by Gasteiger charge is -2.25. The maximum absolute atomic E-state index is 13.0. The van der Waals surface area contributed by atoms with Crippen molar-refractivity contribution in [2.75, 3.05) is 0 Å². The molecule has 3 rings (SSSR count). The number of benzene rings is 3. The van der Waals surface area contributed by atoms with Gasteiger partial charge in [0.25, 0.3) is 0 Å². The highest BCUT2D eigenvalue weighted by molar-refractivity contribution is 5.34. The van der Waals surface area contributed by atoms with Crippen LogP contribution in [0.15, 0.2) is 72.8 Å². The molecule has 0 unspecified atom stereocenters. The Labute approximate surface area is 175 Å². The molecule has 0 N–H and O–H groups in total. The summed E-state index contributed by atoms with van der Waals surface area (Å²) in [6.45, 7) is 1.47. The van der Waals surface area contributed by atoms with E-state index in [-0.39, 0.29) is 17.0 Å². The predicted octanol–water partition coefficient (Wildman–Crippen LogP) is 7.52. The number of rotatable bonds is 9. The predicted molar refractivity (Wildman–Crippen MR) is 112 cm³/mol. The molecule has 0 spiro atoms. The average molecular weight is 414 g/mol. The largest absolute Gasteiger partial charge is 0.457 e. The van der Waals surface area contributed by atoms with Gasteiger partial charge < -0.3 is 9.47 Å². The Bertz CT molecular complexity index is 935. The summed E-state index contributed by atoms with van der Waals surface area (Å²) in [7, 11) is 0. The number of aryl methyl sites for hydroxylation is 1. The van der Waals surface area contributed by atoms with Crippen LogP contribution in [0.2, 0.25) is 0 Å². The Morgan fingerprint density at radius 2 is 1.50 bits per heavy atom. The van der Waals surface area contributed by atoms with Crippen LogP contribution in [0.25, 0.3) is 0 Å². The monoisotopic (exact) mass is 414 g/mol. The van der Waals surface area contributed by atoms with Crippen LogP contribution in [-0.2, 0) is 11.8 Å². The maximum atomic E-state index is 13.0. The zero-order valence-corrected chi connectivity index (χ0v) is 17.1. The Hall–Kier alpha value is -2.95. The highest BCUT2D eigenvalue weighted by Gasteiger charge is 2.20. The number of halogens is 3. The molecule has 3 aromatic carbocycles. The van der Waals surface area contributed by atoms with Gasteiger partial charge in [0, 0.05) is 0 Å². The minimum absolute atomic E-state index is 0.0917. The molecule has 0 fully saturated rings. The summed E-state index contributed by atoms with van der Waals surface area (Å²) in [5.74, 6) is 1.18. The fourth-order valence-corrected chi connectivity index (χ4v) is 3.37. The molecular weight excluding hydrogens is 389 g/mol. The van der Waals surface area contributed by atoms with E-state index in [9.17, 15) is 13.2 Å². The number of ether oxygens (including phenoxy) is 2. The van der Waals surface area contributed by atoms with Crippen molar-refractivity contribution in [3.05, 3.63) is 89.7 Å². The molecule has 0 aliphatic heterocycles. The van der Waals surface area contributed by atoms with Crippen LogP contribution in [0.3, 0.4) is 0 Å². The van der Waals surface area contributed by atoms with E-state index in [4.69, 9.17) is 4.74 Å². The van der Waals surface area contributed by atoms with Gasteiger partial charge in [0.05, 0.1) is 0 Å². The van der Waals surface area contributed by atoms with E-state index in [1.165, 1.54) is 12.1 Å².